The van der Waals surface area contributed by atoms with Crippen molar-refractivity contribution >= 4 is 39.2 Å². The minimum Gasteiger partial charge on any atom is -0.465 e. The number of halogens is 1. The Hall–Kier alpha value is -3.37. The lowest BCUT2D eigenvalue weighted by atomic mass is 10.1. The van der Waals surface area contributed by atoms with Gasteiger partial charge in [-0.1, -0.05) is 23.7 Å². The predicted octanol–water partition coefficient (Wildman–Crippen LogP) is 3.15. The third-order valence-electron chi connectivity index (χ3n) is 4.20. The number of nitrogens with one attached hydrogen (secondary N) is 2. The van der Waals surface area contributed by atoms with Gasteiger partial charge in [0, 0.05) is 6.54 Å². The van der Waals surface area contributed by atoms with E-state index in [4.69, 9.17) is 20.8 Å². The summed E-state index contributed by atoms with van der Waals surface area (Å²) in [5.74, 6) is -1.11. The number of benzene rings is 2. The lowest BCUT2D eigenvalue weighted by molar-refractivity contribution is 0.0600. The van der Waals surface area contributed by atoms with E-state index in [0.29, 0.717) is 11.3 Å². The molecule has 11 heteroatoms. The van der Waals surface area contributed by atoms with E-state index in [1.54, 1.807) is 13.0 Å². The molecule has 2 N–H and O–H groups in total. The first-order valence-corrected chi connectivity index (χ1v) is 10.8. The number of rotatable bonds is 7. The third kappa shape index (κ3) is 5.22. The molecule has 1 aromatic heterocycles. The largest absolute Gasteiger partial charge is 0.465 e. The number of hydrogen-bond donors (Lipinski definition) is 2. The zero-order valence-electron chi connectivity index (χ0n) is 16.5. The Kier molecular flexibility index (Phi) is 6.62. The summed E-state index contributed by atoms with van der Waals surface area (Å²) in [6.45, 7) is 1.61. The zero-order chi connectivity index (χ0) is 22.6. The molecular formula is C20H18ClN3O6S. The molecular weight excluding hydrogens is 446 g/mol. The summed E-state index contributed by atoms with van der Waals surface area (Å²) in [5, 5.41) is 2.68. The van der Waals surface area contributed by atoms with Gasteiger partial charge in [0.2, 0.25) is 5.76 Å². The van der Waals surface area contributed by atoms with E-state index >= 15 is 0 Å². The second kappa shape index (κ2) is 9.19. The van der Waals surface area contributed by atoms with E-state index in [0.717, 1.165) is 6.39 Å². The summed E-state index contributed by atoms with van der Waals surface area (Å²) in [6.07, 6.45) is 1.16. The number of hydrogen-bond acceptors (Lipinski definition) is 7. The average Bonchev–Trinajstić information content (AvgIpc) is 3.17. The molecule has 3 aromatic rings. The van der Waals surface area contributed by atoms with Gasteiger partial charge in [0.1, 0.15) is 4.90 Å². The van der Waals surface area contributed by atoms with Crippen molar-refractivity contribution in [2.24, 2.45) is 0 Å². The summed E-state index contributed by atoms with van der Waals surface area (Å²) >= 11 is 6.00. The van der Waals surface area contributed by atoms with Crippen molar-refractivity contribution in [1.29, 1.82) is 0 Å². The normalized spacial score (nSPS) is 11.1. The number of nitrogens with zero attached hydrogens (tertiary/aromatic N) is 1. The van der Waals surface area contributed by atoms with E-state index in [9.17, 15) is 18.0 Å². The third-order valence-corrected chi connectivity index (χ3v) is 6.08. The number of methoxy groups -OCH3 is 1. The van der Waals surface area contributed by atoms with Crippen molar-refractivity contribution in [3.63, 3.8) is 0 Å². The van der Waals surface area contributed by atoms with Crippen LogP contribution in [0.5, 0.6) is 0 Å². The lowest BCUT2D eigenvalue weighted by Crippen LogP contribution is -2.23. The smallest absolute Gasteiger partial charge is 0.337 e. The van der Waals surface area contributed by atoms with Crippen molar-refractivity contribution in [2.45, 2.75) is 18.4 Å². The number of sulfonamides is 1. The van der Waals surface area contributed by atoms with E-state index in [1.807, 2.05) is 0 Å². The average molecular weight is 464 g/mol. The van der Waals surface area contributed by atoms with Crippen molar-refractivity contribution in [3.05, 3.63) is 76.5 Å². The molecule has 0 aliphatic heterocycles. The van der Waals surface area contributed by atoms with E-state index in [2.05, 4.69) is 15.0 Å². The standard InChI is InChI=1S/C20H18ClN3O6S/c1-12-18(30-11-23-12)19(25)22-10-13-7-14(20(26)29-2)9-15(8-13)24-31(27,28)17-6-4-3-5-16(17)21/h3-9,11,24H,10H2,1-2H3,(H,22,25). The highest BCUT2D eigenvalue weighted by atomic mass is 35.5. The fraction of sp³-hybridized carbons (Fsp3) is 0.150. The van der Waals surface area contributed by atoms with Gasteiger partial charge in [-0.15, -0.1) is 0 Å². The molecule has 3 rings (SSSR count). The number of carbonyl (C=O) groups excluding carboxylic acids is 2. The maximum absolute atomic E-state index is 12.7. The number of oxazole rings is 1. The van der Waals surface area contributed by atoms with Crippen molar-refractivity contribution in [1.82, 2.24) is 10.3 Å². The van der Waals surface area contributed by atoms with Crippen molar-refractivity contribution in [3.8, 4) is 0 Å². The zero-order valence-corrected chi connectivity index (χ0v) is 18.1. The topological polar surface area (TPSA) is 128 Å². The van der Waals surface area contributed by atoms with Crippen LogP contribution in [0.4, 0.5) is 5.69 Å². The van der Waals surface area contributed by atoms with Gasteiger partial charge in [-0.25, -0.2) is 18.2 Å². The minimum absolute atomic E-state index is 0.00930. The summed E-state index contributed by atoms with van der Waals surface area (Å²) in [7, 11) is -2.82. The SMILES string of the molecule is COC(=O)c1cc(CNC(=O)c2ocnc2C)cc(NS(=O)(=O)c2ccccc2Cl)c1. The first-order valence-electron chi connectivity index (χ1n) is 8.89. The highest BCUT2D eigenvalue weighted by Gasteiger charge is 2.20. The molecule has 0 saturated heterocycles. The number of ether oxygens (including phenoxy) is 1. The second-order valence-electron chi connectivity index (χ2n) is 6.40. The van der Waals surface area contributed by atoms with Crippen LogP contribution in [0, 0.1) is 6.92 Å². The van der Waals surface area contributed by atoms with Crippen LogP contribution in [0.25, 0.3) is 0 Å². The fourth-order valence-corrected chi connectivity index (χ4v) is 4.30. The van der Waals surface area contributed by atoms with E-state index in [1.165, 1.54) is 43.5 Å². The van der Waals surface area contributed by atoms with Crippen LogP contribution in [-0.4, -0.2) is 32.4 Å². The highest BCUT2D eigenvalue weighted by molar-refractivity contribution is 7.92. The number of aromatic nitrogens is 1. The number of anilines is 1. The second-order valence-corrected chi connectivity index (χ2v) is 8.45. The van der Waals surface area contributed by atoms with Gasteiger partial charge in [-0.3, -0.25) is 9.52 Å². The number of carbonyl (C=O) groups is 2. The van der Waals surface area contributed by atoms with Crippen LogP contribution in [0.1, 0.15) is 32.2 Å². The molecule has 162 valence electrons. The Morgan fingerprint density at radius 2 is 1.94 bits per heavy atom. The Morgan fingerprint density at radius 1 is 1.19 bits per heavy atom. The molecule has 0 aliphatic rings. The maximum atomic E-state index is 12.7. The predicted molar refractivity (Wildman–Crippen MR) is 112 cm³/mol. The molecule has 0 aliphatic carbocycles. The first-order chi connectivity index (χ1) is 14.7. The molecule has 31 heavy (non-hydrogen) atoms. The molecule has 0 unspecified atom stereocenters. The maximum Gasteiger partial charge on any atom is 0.337 e. The van der Waals surface area contributed by atoms with E-state index < -0.39 is 21.9 Å². The minimum atomic E-state index is -4.03. The van der Waals surface area contributed by atoms with E-state index in [-0.39, 0.29) is 33.5 Å². The number of amides is 1. The quantitative estimate of drug-likeness (QED) is 0.515. The first kappa shape index (κ1) is 22.3. The van der Waals surface area contributed by atoms with Crippen LogP contribution >= 0.6 is 11.6 Å². The van der Waals surface area contributed by atoms with Gasteiger partial charge < -0.3 is 14.5 Å². The lowest BCUT2D eigenvalue weighted by Gasteiger charge is -2.13. The number of aryl methyl sites for hydroxylation is 1. The molecule has 0 radical (unpaired) electrons. The molecule has 0 bridgehead atoms. The summed E-state index contributed by atoms with van der Waals surface area (Å²) < 4.78 is 37.7. The van der Waals surface area contributed by atoms with Gasteiger partial charge in [0.05, 0.1) is 29.1 Å². The van der Waals surface area contributed by atoms with Crippen LogP contribution in [0.15, 0.2) is 58.2 Å². The number of esters is 1. The van der Waals surface area contributed by atoms with Crippen LogP contribution in [0.2, 0.25) is 5.02 Å². The van der Waals surface area contributed by atoms with Gasteiger partial charge in [-0.2, -0.15) is 0 Å². The van der Waals surface area contributed by atoms with Gasteiger partial charge >= 0.3 is 5.97 Å². The summed E-state index contributed by atoms with van der Waals surface area (Å²) in [4.78, 5) is 28.0. The highest BCUT2D eigenvalue weighted by Crippen LogP contribution is 2.25. The Balaban J connectivity index is 1.88. The Bertz CT molecular complexity index is 1240. The van der Waals surface area contributed by atoms with Gasteiger partial charge in [0.15, 0.2) is 6.39 Å². The van der Waals surface area contributed by atoms with Crippen molar-refractivity contribution < 1.29 is 27.2 Å². The molecule has 0 spiro atoms. The Labute approximate surface area is 183 Å². The Morgan fingerprint density at radius 3 is 2.58 bits per heavy atom. The molecule has 9 nitrogen and oxygen atoms in total. The summed E-state index contributed by atoms with van der Waals surface area (Å²) in [5.41, 5.74) is 1.07. The molecule has 1 amide bonds. The molecule has 0 saturated carbocycles. The van der Waals surface area contributed by atoms with Crippen LogP contribution < -0.4 is 10.0 Å². The molecule has 1 heterocycles. The summed E-state index contributed by atoms with van der Waals surface area (Å²) in [6, 6.07) is 10.2. The van der Waals surface area contributed by atoms with Crippen LogP contribution in [-0.2, 0) is 21.3 Å². The fourth-order valence-electron chi connectivity index (χ4n) is 2.74. The molecule has 0 fully saturated rings. The monoisotopic (exact) mass is 463 g/mol. The van der Waals surface area contributed by atoms with Gasteiger partial charge in [-0.05, 0) is 42.8 Å². The molecule has 0 atom stereocenters. The van der Waals surface area contributed by atoms with Crippen molar-refractivity contribution in [2.75, 3.05) is 11.8 Å². The van der Waals surface area contributed by atoms with Crippen LogP contribution in [0.3, 0.4) is 0 Å². The molecule has 2 aromatic carbocycles. The van der Waals surface area contributed by atoms with Gasteiger partial charge in [0.25, 0.3) is 15.9 Å².